The number of pyridine rings is 2. The molecular weight excluding hydrogens is 562 g/mol. The van der Waals surface area contributed by atoms with E-state index in [2.05, 4.69) is 16.0 Å². The van der Waals surface area contributed by atoms with Gasteiger partial charge in [0.1, 0.15) is 29.4 Å². The second-order valence-electron chi connectivity index (χ2n) is 11.7. The number of aromatic nitrogens is 3. The lowest BCUT2D eigenvalue weighted by atomic mass is 9.96. The van der Waals surface area contributed by atoms with Crippen molar-refractivity contribution in [2.45, 2.75) is 64.6 Å². The highest BCUT2D eigenvalue weighted by molar-refractivity contribution is 6.01. The number of aromatic amines is 1. The number of nitriles is 1. The van der Waals surface area contributed by atoms with Gasteiger partial charge < -0.3 is 9.88 Å². The Kier molecular flexibility index (Phi) is 8.32. The summed E-state index contributed by atoms with van der Waals surface area (Å²) in [5.41, 5.74) is 3.23. The number of carbonyl (C=O) groups excluding carboxylic acids is 1. The molecule has 1 aliphatic carbocycles. The predicted molar refractivity (Wildman–Crippen MR) is 165 cm³/mol. The zero-order valence-corrected chi connectivity index (χ0v) is 25.1. The van der Waals surface area contributed by atoms with Gasteiger partial charge >= 0.3 is 0 Å². The fraction of sp³-hybridized carbons (Fsp3) is 0.412. The zero-order valence-electron chi connectivity index (χ0n) is 25.1. The number of alkyl halides is 1. The molecule has 1 saturated carbocycles. The maximum Gasteiger partial charge on any atom is 0.280 e. The third kappa shape index (κ3) is 5.76. The molecule has 5 heterocycles. The molecule has 2 aliphatic heterocycles. The first-order chi connectivity index (χ1) is 21.4. The minimum absolute atomic E-state index is 0.0219. The molecule has 3 aromatic heterocycles. The number of nitrogens with zero attached hydrogens (tertiary/aromatic N) is 5. The Bertz CT molecular complexity index is 1810. The molecule has 8 nitrogen and oxygen atoms in total. The van der Waals surface area contributed by atoms with E-state index >= 15 is 0 Å². The molecule has 10 heteroatoms. The number of benzene rings is 1. The Labute approximate surface area is 254 Å². The van der Waals surface area contributed by atoms with Crippen LogP contribution in [0.5, 0.6) is 0 Å². The van der Waals surface area contributed by atoms with E-state index in [1.807, 2.05) is 26.0 Å². The van der Waals surface area contributed by atoms with Crippen LogP contribution in [0.2, 0.25) is 0 Å². The normalized spacial score (nSPS) is 17.1. The van der Waals surface area contributed by atoms with Gasteiger partial charge in [0.2, 0.25) is 0 Å². The van der Waals surface area contributed by atoms with Crippen molar-refractivity contribution in [2.75, 3.05) is 26.2 Å². The van der Waals surface area contributed by atoms with Crippen LogP contribution < -0.4 is 5.56 Å². The summed E-state index contributed by atoms with van der Waals surface area (Å²) in [5, 5.41) is 10.6. The highest BCUT2D eigenvalue weighted by atomic mass is 19.1. The molecule has 0 radical (unpaired) electrons. The molecule has 0 bridgehead atoms. The van der Waals surface area contributed by atoms with Crippen LogP contribution in [0.4, 0.5) is 8.78 Å². The van der Waals surface area contributed by atoms with Gasteiger partial charge in [0.15, 0.2) is 0 Å². The molecule has 1 amide bonds. The molecule has 4 aromatic rings. The van der Waals surface area contributed by atoms with Crippen molar-refractivity contribution in [3.63, 3.8) is 0 Å². The van der Waals surface area contributed by atoms with Gasteiger partial charge in [0, 0.05) is 35.4 Å². The minimum atomic E-state index is -1.08. The molecular formula is C34H36F2N6O2. The topological polar surface area (TPSA) is 98.0 Å². The van der Waals surface area contributed by atoms with E-state index < -0.39 is 17.9 Å². The van der Waals surface area contributed by atoms with E-state index in [0.717, 1.165) is 50.2 Å². The number of amides is 1. The molecule has 228 valence electrons. The van der Waals surface area contributed by atoms with E-state index in [9.17, 15) is 23.6 Å². The van der Waals surface area contributed by atoms with Gasteiger partial charge in [-0.1, -0.05) is 26.3 Å². The van der Waals surface area contributed by atoms with Crippen LogP contribution in [0, 0.1) is 17.1 Å². The third-order valence-corrected chi connectivity index (χ3v) is 8.54. The SMILES string of the molecule is CC.N#Cc1cn(-c2cc(-c3ccc(F)cc3C(=O)N3CC(F)C3)cc(C3CC3)n2)c(=O)c2[nH]c(CN3CCCCC3)cc12. The van der Waals surface area contributed by atoms with Gasteiger partial charge in [-0.25, -0.2) is 13.8 Å². The van der Waals surface area contributed by atoms with Crippen molar-refractivity contribution in [2.24, 2.45) is 0 Å². The first kappa shape index (κ1) is 29.7. The smallest absolute Gasteiger partial charge is 0.280 e. The Morgan fingerprint density at radius 1 is 1.09 bits per heavy atom. The summed E-state index contributed by atoms with van der Waals surface area (Å²) >= 11 is 0. The van der Waals surface area contributed by atoms with Gasteiger partial charge in [0.25, 0.3) is 11.5 Å². The van der Waals surface area contributed by atoms with Gasteiger partial charge in [-0.3, -0.25) is 19.1 Å². The minimum Gasteiger partial charge on any atom is -0.353 e. The standard InChI is InChI=1S/C32H30F2N6O2.C2H6/c33-22-6-7-25(27(12-22)31(41)39-16-23(34)17-39)20-10-28(19-4-5-19)37-29(11-20)40-15-21(14-35)26-13-24(36-30(26)32(40)42)18-38-8-2-1-3-9-38;1-2/h6-7,10-13,15,19,23,36H,1-5,8-9,16-18H2;1-2H3. The Morgan fingerprint density at radius 2 is 1.84 bits per heavy atom. The first-order valence-electron chi connectivity index (χ1n) is 15.5. The number of halogens is 2. The fourth-order valence-electron chi connectivity index (χ4n) is 6.08. The summed E-state index contributed by atoms with van der Waals surface area (Å²) in [5.74, 6) is -0.478. The lowest BCUT2D eigenvalue weighted by Gasteiger charge is -2.34. The van der Waals surface area contributed by atoms with Crippen molar-refractivity contribution >= 4 is 16.8 Å². The number of likely N-dealkylation sites (tertiary alicyclic amines) is 2. The van der Waals surface area contributed by atoms with Crippen molar-refractivity contribution in [3.05, 3.63) is 81.3 Å². The van der Waals surface area contributed by atoms with Crippen LogP contribution in [0.15, 0.2) is 47.4 Å². The maximum atomic E-state index is 14.3. The van der Waals surface area contributed by atoms with Crippen LogP contribution >= 0.6 is 0 Å². The molecule has 0 atom stereocenters. The second-order valence-corrected chi connectivity index (χ2v) is 11.7. The van der Waals surface area contributed by atoms with Crippen molar-refractivity contribution in [1.29, 1.82) is 5.26 Å². The van der Waals surface area contributed by atoms with Crippen molar-refractivity contribution < 1.29 is 13.6 Å². The first-order valence-corrected chi connectivity index (χ1v) is 15.5. The number of nitrogens with one attached hydrogen (secondary N) is 1. The average Bonchev–Trinajstić information content (AvgIpc) is 3.80. The summed E-state index contributed by atoms with van der Waals surface area (Å²) in [6, 6.07) is 11.7. The van der Waals surface area contributed by atoms with E-state index in [0.29, 0.717) is 40.0 Å². The quantitative estimate of drug-likeness (QED) is 0.290. The van der Waals surface area contributed by atoms with Crippen LogP contribution in [-0.4, -0.2) is 62.6 Å². The summed E-state index contributed by atoms with van der Waals surface area (Å²) in [6.07, 6.45) is 5.87. The van der Waals surface area contributed by atoms with E-state index in [-0.39, 0.29) is 30.1 Å². The fourth-order valence-corrected chi connectivity index (χ4v) is 6.08. The summed E-state index contributed by atoms with van der Waals surface area (Å²) in [6.45, 7) is 6.65. The molecule has 3 fully saturated rings. The van der Waals surface area contributed by atoms with Crippen molar-refractivity contribution in [3.8, 4) is 23.0 Å². The molecule has 0 spiro atoms. The van der Waals surface area contributed by atoms with Gasteiger partial charge in [-0.15, -0.1) is 0 Å². The number of H-pyrrole nitrogens is 1. The van der Waals surface area contributed by atoms with E-state index in [1.54, 1.807) is 6.07 Å². The number of hydrogen-bond acceptors (Lipinski definition) is 5. The second kappa shape index (κ2) is 12.3. The number of piperidine rings is 1. The monoisotopic (exact) mass is 598 g/mol. The molecule has 1 aromatic carbocycles. The predicted octanol–water partition coefficient (Wildman–Crippen LogP) is 6.07. The van der Waals surface area contributed by atoms with Gasteiger partial charge in [-0.2, -0.15) is 5.26 Å². The summed E-state index contributed by atoms with van der Waals surface area (Å²) in [7, 11) is 0. The molecule has 2 saturated heterocycles. The lowest BCUT2D eigenvalue weighted by Crippen LogP contribution is -2.51. The molecule has 7 rings (SSSR count). The maximum absolute atomic E-state index is 14.3. The number of rotatable bonds is 6. The molecule has 44 heavy (non-hydrogen) atoms. The van der Waals surface area contributed by atoms with Gasteiger partial charge in [0.05, 0.1) is 24.2 Å². The zero-order chi connectivity index (χ0) is 31.0. The Morgan fingerprint density at radius 3 is 2.52 bits per heavy atom. The number of fused-ring (bicyclic) bond motifs is 1. The highest BCUT2D eigenvalue weighted by Gasteiger charge is 2.33. The Hall–Kier alpha value is -4.36. The third-order valence-electron chi connectivity index (χ3n) is 8.54. The molecule has 1 N–H and O–H groups in total. The van der Waals surface area contributed by atoms with Crippen LogP contribution in [0.1, 0.15) is 79.2 Å². The van der Waals surface area contributed by atoms with Gasteiger partial charge in [-0.05, 0) is 80.2 Å². The number of carbonyl (C=O) groups is 1. The largest absolute Gasteiger partial charge is 0.353 e. The lowest BCUT2D eigenvalue weighted by molar-refractivity contribution is 0.0400. The van der Waals surface area contributed by atoms with E-state index in [4.69, 9.17) is 4.98 Å². The number of hydrogen-bond donors (Lipinski definition) is 1. The van der Waals surface area contributed by atoms with E-state index in [1.165, 1.54) is 40.3 Å². The molecule has 0 unspecified atom stereocenters. The Balaban J connectivity index is 0.00000168. The van der Waals surface area contributed by atoms with Crippen LogP contribution in [0.3, 0.4) is 0 Å². The molecule has 3 aliphatic rings. The summed E-state index contributed by atoms with van der Waals surface area (Å²) in [4.78, 5) is 38.9. The summed E-state index contributed by atoms with van der Waals surface area (Å²) < 4.78 is 29.3. The van der Waals surface area contributed by atoms with Crippen LogP contribution in [-0.2, 0) is 6.54 Å². The highest BCUT2D eigenvalue weighted by Crippen LogP contribution is 2.41. The van der Waals surface area contributed by atoms with Crippen LogP contribution in [0.25, 0.3) is 27.8 Å². The average molecular weight is 599 g/mol. The van der Waals surface area contributed by atoms with Crippen molar-refractivity contribution in [1.82, 2.24) is 24.3 Å².